The summed E-state index contributed by atoms with van der Waals surface area (Å²) in [6, 6.07) is 14.5. The summed E-state index contributed by atoms with van der Waals surface area (Å²) in [5.74, 6) is -0.831. The molecule has 1 aromatic heterocycles. The first kappa shape index (κ1) is 22.7. The van der Waals surface area contributed by atoms with Crippen molar-refractivity contribution in [1.82, 2.24) is 4.57 Å². The van der Waals surface area contributed by atoms with Crippen LogP contribution < -0.4 is 22.0 Å². The lowest BCUT2D eigenvalue weighted by Gasteiger charge is -2.12. The van der Waals surface area contributed by atoms with Crippen molar-refractivity contribution >= 4 is 43.1 Å². The van der Waals surface area contributed by atoms with E-state index in [1.807, 2.05) is 32.0 Å². The second-order valence-corrected chi connectivity index (χ2v) is 9.17. The summed E-state index contributed by atoms with van der Waals surface area (Å²) in [4.78, 5) is 54.3. The molecule has 0 spiro atoms. The largest absolute Gasteiger partial charge is 0.506 e. The van der Waals surface area contributed by atoms with Crippen LogP contribution in [-0.2, 0) is 12.8 Å². The van der Waals surface area contributed by atoms with Crippen molar-refractivity contribution in [3.8, 4) is 17.2 Å². The number of phenolic OH excluding ortho intramolecular Hbond substituents is 2. The number of aryl methyl sites for hydroxylation is 2. The Morgan fingerprint density at radius 2 is 1.03 bits per heavy atom. The van der Waals surface area contributed by atoms with Gasteiger partial charge in [-0.25, -0.2) is 4.57 Å². The molecule has 0 radical (unpaired) electrons. The van der Waals surface area contributed by atoms with E-state index in [-0.39, 0.29) is 43.1 Å². The minimum Gasteiger partial charge on any atom is -0.506 e. The Morgan fingerprint density at radius 3 is 1.43 bits per heavy atom. The van der Waals surface area contributed by atoms with Crippen LogP contribution in [0, 0.1) is 0 Å². The van der Waals surface area contributed by atoms with Gasteiger partial charge in [0.25, 0.3) is 11.1 Å². The van der Waals surface area contributed by atoms with Gasteiger partial charge in [0.1, 0.15) is 11.5 Å². The summed E-state index contributed by atoms with van der Waals surface area (Å²) < 4.78 is 1.12. The van der Waals surface area contributed by atoms with Crippen molar-refractivity contribution < 1.29 is 10.2 Å². The Balaban J connectivity index is 1.82. The molecule has 0 fully saturated rings. The minimum absolute atomic E-state index is 0.0193. The zero-order valence-electron chi connectivity index (χ0n) is 20.1. The van der Waals surface area contributed by atoms with E-state index in [0.717, 1.165) is 15.7 Å². The summed E-state index contributed by atoms with van der Waals surface area (Å²) in [5, 5.41) is 21.5. The van der Waals surface area contributed by atoms with Crippen LogP contribution in [0.2, 0.25) is 0 Å². The van der Waals surface area contributed by atoms with E-state index in [1.165, 1.54) is 24.3 Å². The number of hydrogen-bond donors (Lipinski definition) is 2. The number of hydrogen-bond acceptors (Lipinski definition) is 6. The summed E-state index contributed by atoms with van der Waals surface area (Å²) in [7, 11) is 0. The van der Waals surface area contributed by atoms with Crippen LogP contribution in [0.5, 0.6) is 11.5 Å². The average Bonchev–Trinajstić information content (AvgIpc) is 3.16. The predicted octanol–water partition coefficient (Wildman–Crippen LogP) is 3.94. The van der Waals surface area contributed by atoms with E-state index in [1.54, 1.807) is 12.1 Å². The van der Waals surface area contributed by atoms with E-state index in [4.69, 9.17) is 0 Å². The van der Waals surface area contributed by atoms with Gasteiger partial charge in [-0.3, -0.25) is 19.2 Å². The minimum atomic E-state index is -0.701. The quantitative estimate of drug-likeness (QED) is 0.286. The fourth-order valence-corrected chi connectivity index (χ4v) is 5.48. The van der Waals surface area contributed by atoms with Gasteiger partial charge < -0.3 is 10.2 Å². The molecule has 0 unspecified atom stereocenters. The molecule has 0 saturated carbocycles. The standard InChI is InChI=1S/C30H21NO6/c1-3-14-8-7-9-15(4-2)24(14)31-29(36)20-12-18-19(13-21(20)30(31)37)28(35)23-22(27(18)34)25(32)16-10-5-6-11-17(16)26(23)33/h5-13,32-33H,3-4H2,1-2H3. The van der Waals surface area contributed by atoms with Gasteiger partial charge in [-0.1, -0.05) is 56.3 Å². The van der Waals surface area contributed by atoms with Crippen LogP contribution in [-0.4, -0.2) is 14.8 Å². The normalized spacial score (nSPS) is 11.8. The molecule has 0 saturated heterocycles. The maximum atomic E-state index is 13.6. The van der Waals surface area contributed by atoms with E-state index in [0.29, 0.717) is 18.5 Å². The van der Waals surface area contributed by atoms with Crippen molar-refractivity contribution in [2.75, 3.05) is 0 Å². The topological polar surface area (TPSA) is 114 Å². The van der Waals surface area contributed by atoms with E-state index in [9.17, 15) is 29.4 Å². The summed E-state index contributed by atoms with van der Waals surface area (Å²) in [6.07, 6.45) is 1.21. The molecule has 0 aliphatic rings. The average molecular weight is 491 g/mol. The number of fused-ring (bicyclic) bond motifs is 4. The van der Waals surface area contributed by atoms with Gasteiger partial charge in [0, 0.05) is 21.5 Å². The van der Waals surface area contributed by atoms with Crippen LogP contribution in [0.4, 0.5) is 0 Å². The highest BCUT2D eigenvalue weighted by Crippen LogP contribution is 2.39. The molecule has 0 amide bonds. The third kappa shape index (κ3) is 2.88. The van der Waals surface area contributed by atoms with Crippen molar-refractivity contribution in [3.05, 3.63) is 107 Å². The molecule has 0 aliphatic heterocycles. The number of aromatic hydroxyl groups is 2. The third-order valence-electron chi connectivity index (χ3n) is 7.32. The van der Waals surface area contributed by atoms with Crippen LogP contribution in [0.1, 0.15) is 25.0 Å². The summed E-state index contributed by atoms with van der Waals surface area (Å²) in [5.41, 5.74) is -0.357. The van der Waals surface area contributed by atoms with Gasteiger partial charge in [0.2, 0.25) is 0 Å². The molecule has 6 rings (SSSR count). The number of rotatable bonds is 3. The lowest BCUT2D eigenvalue weighted by Crippen LogP contribution is -2.25. The first-order chi connectivity index (χ1) is 17.8. The van der Waals surface area contributed by atoms with Gasteiger partial charge in [-0.2, -0.15) is 0 Å². The maximum Gasteiger partial charge on any atom is 0.266 e. The lowest BCUT2D eigenvalue weighted by molar-refractivity contribution is 0.478. The number of benzene rings is 5. The van der Waals surface area contributed by atoms with Gasteiger partial charge in [-0.15, -0.1) is 0 Å². The number of para-hydroxylation sites is 1. The van der Waals surface area contributed by atoms with E-state index < -0.39 is 33.5 Å². The van der Waals surface area contributed by atoms with Gasteiger partial charge >= 0.3 is 0 Å². The fourth-order valence-electron chi connectivity index (χ4n) is 5.48. The highest BCUT2D eigenvalue weighted by atomic mass is 16.3. The monoisotopic (exact) mass is 491 g/mol. The molecular formula is C30H21NO6. The molecule has 0 bridgehead atoms. The van der Waals surface area contributed by atoms with Crippen molar-refractivity contribution in [2.24, 2.45) is 0 Å². The Morgan fingerprint density at radius 1 is 0.595 bits per heavy atom. The maximum absolute atomic E-state index is 13.6. The molecule has 182 valence electrons. The lowest BCUT2D eigenvalue weighted by atomic mass is 9.95. The first-order valence-electron chi connectivity index (χ1n) is 12.0. The molecule has 0 aliphatic carbocycles. The van der Waals surface area contributed by atoms with Crippen molar-refractivity contribution in [3.63, 3.8) is 0 Å². The van der Waals surface area contributed by atoms with E-state index in [2.05, 4.69) is 0 Å². The highest BCUT2D eigenvalue weighted by molar-refractivity contribution is 6.15. The van der Waals surface area contributed by atoms with Gasteiger partial charge in [0.05, 0.1) is 27.2 Å². The molecule has 7 heteroatoms. The van der Waals surface area contributed by atoms with Gasteiger partial charge in [0.15, 0.2) is 10.9 Å². The second kappa shape index (κ2) is 7.86. The molecule has 2 N–H and O–H groups in total. The Bertz CT molecular complexity index is 2020. The van der Waals surface area contributed by atoms with E-state index >= 15 is 0 Å². The zero-order valence-corrected chi connectivity index (χ0v) is 20.1. The first-order valence-corrected chi connectivity index (χ1v) is 12.0. The molecule has 7 nitrogen and oxygen atoms in total. The fraction of sp³-hybridized carbons (Fsp3) is 0.133. The van der Waals surface area contributed by atoms with Crippen LogP contribution in [0.25, 0.3) is 48.8 Å². The predicted molar refractivity (Wildman–Crippen MR) is 145 cm³/mol. The molecule has 1 heterocycles. The SMILES string of the molecule is CCc1cccc(CC)c1-n1c(=O)c2cc3c(=O)c4c(O)c5ccccc5c(O)c4c(=O)c3cc2c1=O. The Labute approximate surface area is 208 Å². The smallest absolute Gasteiger partial charge is 0.266 e. The van der Waals surface area contributed by atoms with Crippen molar-refractivity contribution in [2.45, 2.75) is 26.7 Å². The van der Waals surface area contributed by atoms with Gasteiger partial charge in [-0.05, 0) is 36.1 Å². The molecule has 37 heavy (non-hydrogen) atoms. The third-order valence-corrected chi connectivity index (χ3v) is 7.32. The molecular weight excluding hydrogens is 470 g/mol. The number of nitrogens with zero attached hydrogens (tertiary/aromatic N) is 1. The number of phenols is 2. The van der Waals surface area contributed by atoms with Crippen LogP contribution >= 0.6 is 0 Å². The Kier molecular flexibility index (Phi) is 4.82. The molecule has 6 aromatic rings. The zero-order chi connectivity index (χ0) is 26.2. The second-order valence-electron chi connectivity index (χ2n) is 9.17. The van der Waals surface area contributed by atoms with Crippen LogP contribution in [0.3, 0.4) is 0 Å². The Hall–Kier alpha value is -4.78. The number of aromatic nitrogens is 1. The summed E-state index contributed by atoms with van der Waals surface area (Å²) >= 11 is 0. The highest BCUT2D eigenvalue weighted by Gasteiger charge is 2.24. The van der Waals surface area contributed by atoms with Crippen molar-refractivity contribution in [1.29, 1.82) is 0 Å². The van der Waals surface area contributed by atoms with Crippen LogP contribution in [0.15, 0.2) is 73.8 Å². The molecule has 5 aromatic carbocycles. The summed E-state index contributed by atoms with van der Waals surface area (Å²) in [6.45, 7) is 3.87. The molecule has 0 atom stereocenters.